The van der Waals surface area contributed by atoms with E-state index in [1.807, 2.05) is 19.1 Å². The van der Waals surface area contributed by atoms with Crippen LogP contribution in [0.15, 0.2) is 41.3 Å². The molecule has 1 aliphatic rings. The summed E-state index contributed by atoms with van der Waals surface area (Å²) in [6.07, 6.45) is 9.50. The molecule has 1 fully saturated rings. The number of furan rings is 1. The van der Waals surface area contributed by atoms with E-state index in [1.165, 1.54) is 0 Å². The Morgan fingerprint density at radius 1 is 1.32 bits per heavy atom. The van der Waals surface area contributed by atoms with E-state index in [4.69, 9.17) is 4.42 Å². The molecule has 1 aliphatic carbocycles. The second-order valence-corrected chi connectivity index (χ2v) is 6.82. The van der Waals surface area contributed by atoms with Crippen LogP contribution in [0.25, 0.3) is 5.65 Å². The monoisotopic (exact) mass is 338 g/mol. The number of nitrogens with one attached hydrogen (secondary N) is 1. The van der Waals surface area contributed by atoms with Crippen LogP contribution in [-0.4, -0.2) is 27.0 Å². The maximum Gasteiger partial charge on any atom is 0.256 e. The average molecular weight is 338 g/mol. The lowest BCUT2D eigenvalue weighted by molar-refractivity contribution is 0.0944. The predicted octanol–water partition coefficient (Wildman–Crippen LogP) is 3.33. The maximum absolute atomic E-state index is 12.5. The number of aryl methyl sites for hydroxylation is 1. The van der Waals surface area contributed by atoms with Crippen molar-refractivity contribution in [1.29, 1.82) is 0 Å². The summed E-state index contributed by atoms with van der Waals surface area (Å²) >= 11 is 0. The first-order valence-electron chi connectivity index (χ1n) is 8.83. The molecule has 3 heterocycles. The highest BCUT2D eigenvalue weighted by molar-refractivity contribution is 5.99. The summed E-state index contributed by atoms with van der Waals surface area (Å²) in [5.41, 5.74) is 2.10. The van der Waals surface area contributed by atoms with E-state index in [2.05, 4.69) is 21.5 Å². The lowest BCUT2D eigenvalue weighted by Crippen LogP contribution is -2.31. The zero-order valence-electron chi connectivity index (χ0n) is 14.3. The molecule has 3 aromatic rings. The van der Waals surface area contributed by atoms with Crippen molar-refractivity contribution < 1.29 is 9.21 Å². The Hall–Kier alpha value is -2.63. The van der Waals surface area contributed by atoms with Crippen LogP contribution in [0.1, 0.15) is 53.4 Å². The van der Waals surface area contributed by atoms with Crippen molar-refractivity contribution in [3.8, 4) is 0 Å². The fraction of sp³-hybridized carbons (Fsp3) is 0.421. The number of carbonyl (C=O) groups excluding carboxylic acids is 1. The summed E-state index contributed by atoms with van der Waals surface area (Å²) in [5.74, 6) is 2.04. The summed E-state index contributed by atoms with van der Waals surface area (Å²) in [6, 6.07) is 5.89. The van der Waals surface area contributed by atoms with Gasteiger partial charge in [-0.3, -0.25) is 4.79 Å². The first-order chi connectivity index (χ1) is 12.2. The number of hydrogen-bond donors (Lipinski definition) is 1. The molecule has 25 heavy (non-hydrogen) atoms. The van der Waals surface area contributed by atoms with Gasteiger partial charge in [0.2, 0.25) is 0 Å². The third kappa shape index (κ3) is 3.16. The molecular formula is C19H22N4O2. The quantitative estimate of drug-likeness (QED) is 0.792. The van der Waals surface area contributed by atoms with Gasteiger partial charge >= 0.3 is 0 Å². The van der Waals surface area contributed by atoms with Crippen molar-refractivity contribution in [1.82, 2.24) is 19.9 Å². The molecule has 0 bridgehead atoms. The van der Waals surface area contributed by atoms with E-state index in [9.17, 15) is 4.79 Å². The Bertz CT molecular complexity index is 861. The van der Waals surface area contributed by atoms with Crippen molar-refractivity contribution >= 4 is 11.6 Å². The predicted molar refractivity (Wildman–Crippen MR) is 93.5 cm³/mol. The first kappa shape index (κ1) is 15.9. The van der Waals surface area contributed by atoms with Gasteiger partial charge in [-0.2, -0.15) is 5.10 Å². The van der Waals surface area contributed by atoms with Crippen molar-refractivity contribution in [2.75, 3.05) is 6.54 Å². The van der Waals surface area contributed by atoms with Gasteiger partial charge in [0.1, 0.15) is 11.3 Å². The van der Waals surface area contributed by atoms with Gasteiger partial charge in [-0.1, -0.05) is 0 Å². The highest BCUT2D eigenvalue weighted by Crippen LogP contribution is 2.35. The van der Waals surface area contributed by atoms with Crippen molar-refractivity contribution in [3.63, 3.8) is 0 Å². The minimum absolute atomic E-state index is 0.0961. The molecule has 0 aliphatic heterocycles. The van der Waals surface area contributed by atoms with E-state index in [1.54, 1.807) is 23.2 Å². The molecule has 1 amide bonds. The number of carbonyl (C=O) groups is 1. The molecule has 0 saturated heterocycles. The molecule has 0 aromatic carbocycles. The van der Waals surface area contributed by atoms with E-state index in [-0.39, 0.29) is 5.91 Å². The summed E-state index contributed by atoms with van der Waals surface area (Å²) in [6.45, 7) is 2.65. The van der Waals surface area contributed by atoms with Gasteiger partial charge in [0.15, 0.2) is 5.65 Å². The highest BCUT2D eigenvalue weighted by atomic mass is 16.3. The van der Waals surface area contributed by atoms with Crippen LogP contribution in [0.4, 0.5) is 0 Å². The normalized spacial score (nSPS) is 20.7. The van der Waals surface area contributed by atoms with Crippen molar-refractivity contribution in [2.24, 2.45) is 5.92 Å². The van der Waals surface area contributed by atoms with Crippen LogP contribution in [-0.2, 0) is 0 Å². The molecule has 6 nitrogen and oxygen atoms in total. The summed E-state index contributed by atoms with van der Waals surface area (Å²) in [5, 5.41) is 7.32. The van der Waals surface area contributed by atoms with Crippen LogP contribution in [0.2, 0.25) is 0 Å². The second-order valence-electron chi connectivity index (χ2n) is 6.82. The van der Waals surface area contributed by atoms with Gasteiger partial charge in [0, 0.05) is 24.4 Å². The molecule has 0 spiro atoms. The Balaban J connectivity index is 1.34. The largest absolute Gasteiger partial charge is 0.469 e. The molecule has 0 atom stereocenters. The molecule has 6 heteroatoms. The fourth-order valence-corrected chi connectivity index (χ4v) is 3.68. The fourth-order valence-electron chi connectivity index (χ4n) is 3.68. The molecule has 130 valence electrons. The van der Waals surface area contributed by atoms with E-state index < -0.39 is 0 Å². The average Bonchev–Trinajstić information content (AvgIpc) is 3.30. The Morgan fingerprint density at radius 3 is 2.92 bits per heavy atom. The SMILES string of the molecule is Cc1ccnc2c(C(=O)NCC3CCC(c4ccco4)CC3)cnn12. The number of hydrogen-bond acceptors (Lipinski definition) is 4. The summed E-state index contributed by atoms with van der Waals surface area (Å²) in [7, 11) is 0. The van der Waals surface area contributed by atoms with E-state index >= 15 is 0 Å². The Morgan fingerprint density at radius 2 is 2.16 bits per heavy atom. The van der Waals surface area contributed by atoms with Gasteiger partial charge in [0.05, 0.1) is 12.5 Å². The van der Waals surface area contributed by atoms with Gasteiger partial charge in [-0.25, -0.2) is 9.50 Å². The molecule has 3 aromatic heterocycles. The summed E-state index contributed by atoms with van der Waals surface area (Å²) < 4.78 is 7.22. The molecular weight excluding hydrogens is 316 g/mol. The van der Waals surface area contributed by atoms with Crippen LogP contribution in [0.5, 0.6) is 0 Å². The Labute approximate surface area is 146 Å². The number of aromatic nitrogens is 3. The Kier molecular flexibility index (Phi) is 4.26. The van der Waals surface area contributed by atoms with E-state index in [0.29, 0.717) is 29.6 Å². The number of nitrogens with zero attached hydrogens (tertiary/aromatic N) is 3. The second kappa shape index (κ2) is 6.70. The zero-order valence-corrected chi connectivity index (χ0v) is 14.3. The minimum atomic E-state index is -0.0961. The number of fused-ring (bicyclic) bond motifs is 1. The molecule has 1 N–H and O–H groups in total. The number of rotatable bonds is 4. The highest BCUT2D eigenvalue weighted by Gasteiger charge is 2.24. The van der Waals surface area contributed by atoms with Gasteiger partial charge in [-0.15, -0.1) is 0 Å². The van der Waals surface area contributed by atoms with Crippen LogP contribution >= 0.6 is 0 Å². The van der Waals surface area contributed by atoms with E-state index in [0.717, 1.165) is 37.1 Å². The standard InChI is InChI=1S/C19H22N4O2/c1-13-8-9-20-18-16(12-22-23(13)18)19(24)21-11-14-4-6-15(7-5-14)17-3-2-10-25-17/h2-3,8-10,12,14-15H,4-7,11H2,1H3,(H,21,24). The zero-order chi connectivity index (χ0) is 17.2. The van der Waals surface area contributed by atoms with Crippen LogP contribution < -0.4 is 5.32 Å². The smallest absolute Gasteiger partial charge is 0.256 e. The number of amides is 1. The van der Waals surface area contributed by atoms with Crippen molar-refractivity contribution in [3.05, 3.63) is 53.9 Å². The molecule has 0 radical (unpaired) electrons. The van der Waals surface area contributed by atoms with Gasteiger partial charge in [0.25, 0.3) is 5.91 Å². The van der Waals surface area contributed by atoms with Crippen LogP contribution in [0.3, 0.4) is 0 Å². The molecule has 4 rings (SSSR count). The van der Waals surface area contributed by atoms with Gasteiger partial charge in [-0.05, 0) is 56.7 Å². The lowest BCUT2D eigenvalue weighted by atomic mass is 9.81. The molecule has 1 saturated carbocycles. The minimum Gasteiger partial charge on any atom is -0.469 e. The van der Waals surface area contributed by atoms with Crippen molar-refractivity contribution in [2.45, 2.75) is 38.5 Å². The van der Waals surface area contributed by atoms with Gasteiger partial charge < -0.3 is 9.73 Å². The third-order valence-corrected chi connectivity index (χ3v) is 5.18. The third-order valence-electron chi connectivity index (χ3n) is 5.18. The lowest BCUT2D eigenvalue weighted by Gasteiger charge is -2.27. The molecule has 0 unspecified atom stereocenters. The first-order valence-corrected chi connectivity index (χ1v) is 8.83. The summed E-state index contributed by atoms with van der Waals surface area (Å²) in [4.78, 5) is 16.8. The topological polar surface area (TPSA) is 72.4 Å². The maximum atomic E-state index is 12.5. The van der Waals surface area contributed by atoms with Crippen LogP contribution in [0, 0.1) is 12.8 Å².